The van der Waals surface area contributed by atoms with Gasteiger partial charge < -0.3 is 19.9 Å². The van der Waals surface area contributed by atoms with E-state index in [1.54, 1.807) is 20.8 Å². The van der Waals surface area contributed by atoms with Crippen LogP contribution in [0.15, 0.2) is 16.6 Å². The van der Waals surface area contributed by atoms with E-state index >= 15 is 0 Å². The van der Waals surface area contributed by atoms with E-state index in [9.17, 15) is 19.5 Å². The van der Waals surface area contributed by atoms with Crippen LogP contribution in [0, 0.1) is 0 Å². The highest BCUT2D eigenvalue weighted by atomic mass is 79.9. The molecule has 0 aliphatic carbocycles. The van der Waals surface area contributed by atoms with Crippen molar-refractivity contribution in [3.8, 4) is 0 Å². The molecule has 1 rings (SSSR count). The van der Waals surface area contributed by atoms with Crippen LogP contribution in [0.3, 0.4) is 0 Å². The third-order valence-corrected chi connectivity index (χ3v) is 3.05. The van der Waals surface area contributed by atoms with Gasteiger partial charge in [-0.1, -0.05) is 15.9 Å². The molecule has 8 nitrogen and oxygen atoms in total. The number of rotatable bonds is 5. The van der Waals surface area contributed by atoms with Gasteiger partial charge in [0, 0.05) is 4.47 Å². The average molecular weight is 403 g/mol. The number of pyridine rings is 1. The van der Waals surface area contributed by atoms with Crippen LogP contribution in [0.25, 0.3) is 0 Å². The number of carbonyl (C=O) groups is 3. The molecule has 0 radical (unpaired) electrons. The van der Waals surface area contributed by atoms with Crippen LogP contribution in [-0.4, -0.2) is 53.3 Å². The highest BCUT2D eigenvalue weighted by Crippen LogP contribution is 2.14. The Bertz CT molecular complexity index is 641. The quantitative estimate of drug-likeness (QED) is 0.707. The summed E-state index contributed by atoms with van der Waals surface area (Å²) in [4.78, 5) is 39.6. The van der Waals surface area contributed by atoms with Gasteiger partial charge >= 0.3 is 11.9 Å². The Morgan fingerprint density at radius 2 is 1.88 bits per heavy atom. The number of amides is 1. The van der Waals surface area contributed by atoms with Crippen molar-refractivity contribution in [3.05, 3.63) is 28.0 Å². The maximum absolute atomic E-state index is 12.2. The second-order valence-electron chi connectivity index (χ2n) is 5.79. The Morgan fingerprint density at radius 3 is 2.38 bits per heavy atom. The molecule has 0 aromatic carbocycles. The lowest BCUT2D eigenvalue weighted by molar-refractivity contribution is -0.158. The van der Waals surface area contributed by atoms with Gasteiger partial charge in [0.25, 0.3) is 5.91 Å². The zero-order valence-corrected chi connectivity index (χ0v) is 15.3. The maximum atomic E-state index is 12.2. The number of carbonyl (C=O) groups excluding carboxylic acids is 3. The number of methoxy groups -OCH3 is 1. The number of nitrogens with one attached hydrogen (secondary N) is 1. The van der Waals surface area contributed by atoms with Crippen molar-refractivity contribution in [2.24, 2.45) is 0 Å². The molecular weight excluding hydrogens is 384 g/mol. The molecule has 0 aliphatic heterocycles. The Labute approximate surface area is 147 Å². The van der Waals surface area contributed by atoms with Crippen molar-refractivity contribution in [2.75, 3.05) is 13.7 Å². The third kappa shape index (κ3) is 5.89. The summed E-state index contributed by atoms with van der Waals surface area (Å²) in [7, 11) is 1.19. The van der Waals surface area contributed by atoms with Crippen LogP contribution >= 0.6 is 15.9 Å². The molecule has 0 saturated carbocycles. The summed E-state index contributed by atoms with van der Waals surface area (Å²) in [6, 6.07) is 1.50. The van der Waals surface area contributed by atoms with Crippen molar-refractivity contribution >= 4 is 33.8 Å². The largest absolute Gasteiger partial charge is 0.464 e. The number of hydrogen-bond donors (Lipinski definition) is 2. The molecule has 24 heavy (non-hydrogen) atoms. The summed E-state index contributed by atoms with van der Waals surface area (Å²) in [5.41, 5.74) is -0.956. The number of aromatic nitrogens is 1. The third-order valence-electron chi connectivity index (χ3n) is 2.60. The highest BCUT2D eigenvalue weighted by Gasteiger charge is 2.27. The molecular formula is C15H19BrN2O6. The van der Waals surface area contributed by atoms with Crippen LogP contribution in [0.1, 0.15) is 41.7 Å². The number of ether oxygens (including phenoxy) is 2. The second kappa shape index (κ2) is 8.20. The molecule has 1 atom stereocenters. The smallest absolute Gasteiger partial charge is 0.356 e. The van der Waals surface area contributed by atoms with Gasteiger partial charge in [-0.15, -0.1) is 0 Å². The molecule has 0 bridgehead atoms. The van der Waals surface area contributed by atoms with Crippen molar-refractivity contribution in [3.63, 3.8) is 0 Å². The number of aliphatic hydroxyl groups is 1. The number of esters is 2. The first kappa shape index (κ1) is 20.0. The van der Waals surface area contributed by atoms with Gasteiger partial charge in [-0.2, -0.15) is 0 Å². The molecule has 0 aliphatic rings. The van der Waals surface area contributed by atoms with Gasteiger partial charge in [0.15, 0.2) is 6.04 Å². The van der Waals surface area contributed by atoms with E-state index in [-0.39, 0.29) is 11.4 Å². The molecule has 2 N–H and O–H groups in total. The highest BCUT2D eigenvalue weighted by molar-refractivity contribution is 9.10. The second-order valence-corrected chi connectivity index (χ2v) is 6.71. The molecule has 1 unspecified atom stereocenters. The van der Waals surface area contributed by atoms with Crippen LogP contribution in [0.2, 0.25) is 0 Å². The summed E-state index contributed by atoms with van der Waals surface area (Å²) in [5.74, 6) is -2.23. The van der Waals surface area contributed by atoms with Gasteiger partial charge in [0.05, 0.1) is 13.7 Å². The topological polar surface area (TPSA) is 115 Å². The summed E-state index contributed by atoms with van der Waals surface area (Å²) in [6.07, 6.45) is 0. The van der Waals surface area contributed by atoms with Crippen LogP contribution in [0.4, 0.5) is 0 Å². The minimum absolute atomic E-state index is 0.0742. The van der Waals surface area contributed by atoms with E-state index in [4.69, 9.17) is 4.74 Å². The van der Waals surface area contributed by atoms with Crippen molar-refractivity contribution in [2.45, 2.75) is 32.4 Å². The van der Waals surface area contributed by atoms with E-state index in [0.29, 0.717) is 4.47 Å². The predicted molar refractivity (Wildman–Crippen MR) is 87.5 cm³/mol. The summed E-state index contributed by atoms with van der Waals surface area (Å²) < 4.78 is 10.1. The van der Waals surface area contributed by atoms with Crippen LogP contribution in [0.5, 0.6) is 0 Å². The molecule has 1 aromatic heterocycles. The molecule has 0 fully saturated rings. The Hall–Kier alpha value is -2.00. The average Bonchev–Trinajstić information content (AvgIpc) is 2.48. The Balaban J connectivity index is 2.95. The van der Waals surface area contributed by atoms with E-state index in [1.807, 2.05) is 0 Å². The molecule has 0 saturated heterocycles. The monoisotopic (exact) mass is 402 g/mol. The normalized spacial score (nSPS) is 12.2. The van der Waals surface area contributed by atoms with Gasteiger partial charge in [0.1, 0.15) is 17.0 Å². The van der Waals surface area contributed by atoms with E-state index in [2.05, 4.69) is 31.0 Å². The zero-order chi connectivity index (χ0) is 18.5. The predicted octanol–water partition coefficient (Wildman–Crippen LogP) is 1.06. The number of aliphatic hydroxyl groups excluding tert-OH is 1. The SMILES string of the molecule is COC(=O)c1cc(Br)cc(C(=O)NC(CO)C(=O)OC(C)(C)C)n1. The standard InChI is InChI=1S/C15H19BrN2O6/c1-15(2,3)24-14(22)11(7-19)18-12(20)9-5-8(16)6-10(17-9)13(21)23-4/h5-6,11,19H,7H2,1-4H3,(H,18,20). The number of nitrogens with zero attached hydrogens (tertiary/aromatic N) is 1. The van der Waals surface area contributed by atoms with Crippen molar-refractivity contribution in [1.29, 1.82) is 0 Å². The van der Waals surface area contributed by atoms with E-state index < -0.39 is 36.1 Å². The van der Waals surface area contributed by atoms with Gasteiger partial charge in [-0.3, -0.25) is 4.79 Å². The Morgan fingerprint density at radius 1 is 1.29 bits per heavy atom. The van der Waals surface area contributed by atoms with E-state index in [1.165, 1.54) is 19.2 Å². The Kier molecular flexibility index (Phi) is 6.85. The maximum Gasteiger partial charge on any atom is 0.356 e. The minimum Gasteiger partial charge on any atom is -0.464 e. The molecule has 1 aromatic rings. The van der Waals surface area contributed by atoms with Crippen molar-refractivity contribution < 1.29 is 29.0 Å². The summed E-state index contributed by atoms with van der Waals surface area (Å²) >= 11 is 3.16. The molecule has 9 heteroatoms. The minimum atomic E-state index is -1.25. The van der Waals surface area contributed by atoms with Gasteiger partial charge in [-0.25, -0.2) is 14.6 Å². The molecule has 132 valence electrons. The van der Waals surface area contributed by atoms with E-state index in [0.717, 1.165) is 0 Å². The molecule has 1 heterocycles. The fourth-order valence-corrected chi connectivity index (χ4v) is 2.04. The van der Waals surface area contributed by atoms with Gasteiger partial charge in [-0.05, 0) is 32.9 Å². The summed E-state index contributed by atoms with van der Waals surface area (Å²) in [6.45, 7) is 4.36. The number of hydrogen-bond acceptors (Lipinski definition) is 7. The lowest BCUT2D eigenvalue weighted by Crippen LogP contribution is -2.46. The first-order valence-electron chi connectivity index (χ1n) is 6.98. The lowest BCUT2D eigenvalue weighted by Gasteiger charge is -2.23. The van der Waals surface area contributed by atoms with Crippen molar-refractivity contribution in [1.82, 2.24) is 10.3 Å². The zero-order valence-electron chi connectivity index (χ0n) is 13.8. The van der Waals surface area contributed by atoms with Gasteiger partial charge in [0.2, 0.25) is 0 Å². The first-order valence-corrected chi connectivity index (χ1v) is 7.77. The van der Waals surface area contributed by atoms with Crippen LogP contribution < -0.4 is 5.32 Å². The number of halogens is 1. The molecule has 1 amide bonds. The first-order chi connectivity index (χ1) is 11.1. The lowest BCUT2D eigenvalue weighted by atomic mass is 10.2. The fraction of sp³-hybridized carbons (Fsp3) is 0.467. The van der Waals surface area contributed by atoms with Crippen LogP contribution in [-0.2, 0) is 14.3 Å². The fourth-order valence-electron chi connectivity index (χ4n) is 1.61. The summed E-state index contributed by atoms with van der Waals surface area (Å²) in [5, 5.41) is 11.6. The molecule has 0 spiro atoms.